The molecule has 26 heavy (non-hydrogen) atoms. The molecule has 3 heterocycles. The molecule has 0 bridgehead atoms. The summed E-state index contributed by atoms with van der Waals surface area (Å²) in [7, 11) is 0. The van der Waals surface area contributed by atoms with Crippen LogP contribution in [0.5, 0.6) is 0 Å². The number of alkyl halides is 1. The van der Waals surface area contributed by atoms with E-state index in [2.05, 4.69) is 43.0 Å². The minimum atomic E-state index is -0.520. The third kappa shape index (κ3) is 2.51. The predicted molar refractivity (Wildman–Crippen MR) is 105 cm³/mol. The van der Waals surface area contributed by atoms with Gasteiger partial charge in [0.15, 0.2) is 0 Å². The van der Waals surface area contributed by atoms with E-state index in [-0.39, 0.29) is 10.6 Å². The molecule has 7 heteroatoms. The van der Waals surface area contributed by atoms with Crippen molar-refractivity contribution in [1.29, 1.82) is 5.26 Å². The highest BCUT2D eigenvalue weighted by molar-refractivity contribution is 9.10. The first-order valence-electron chi connectivity index (χ1n) is 7.94. The second kappa shape index (κ2) is 6.00. The molecule has 0 aliphatic carbocycles. The number of hydrogen-bond acceptors (Lipinski definition) is 3. The molecule has 130 valence electrons. The zero-order chi connectivity index (χ0) is 18.6. The predicted octanol–water partition coefficient (Wildman–Crippen LogP) is 5.17. The van der Waals surface area contributed by atoms with E-state index in [0.717, 1.165) is 21.1 Å². The summed E-state index contributed by atoms with van der Waals surface area (Å²) in [4.78, 5) is 4.66. The minimum absolute atomic E-state index is 0.225. The number of fused-ring (bicyclic) bond motifs is 2. The van der Waals surface area contributed by atoms with E-state index in [1.165, 1.54) is 6.07 Å². The number of nitriles is 1. The van der Waals surface area contributed by atoms with Gasteiger partial charge in [-0.1, -0.05) is 28.1 Å². The van der Waals surface area contributed by atoms with Crippen LogP contribution in [0.15, 0.2) is 46.0 Å². The Bertz CT molecular complexity index is 1120. The number of aliphatic imine (C=N–C) groups is 1. The molecule has 4 nitrogen and oxygen atoms in total. The largest absolute Gasteiger partial charge is 0.276 e. The molecule has 1 aromatic carbocycles. The molecular formula is C19H13Br2FN4. The number of aromatic nitrogens is 2. The zero-order valence-corrected chi connectivity index (χ0v) is 17.1. The number of benzene rings is 1. The molecule has 0 N–H and O–H groups in total. The van der Waals surface area contributed by atoms with Gasteiger partial charge in [0.2, 0.25) is 0 Å². The number of halogens is 3. The lowest BCUT2D eigenvalue weighted by Gasteiger charge is -2.34. The van der Waals surface area contributed by atoms with Crippen molar-refractivity contribution in [2.24, 2.45) is 4.99 Å². The first kappa shape index (κ1) is 17.4. The van der Waals surface area contributed by atoms with Crippen LogP contribution in [0.2, 0.25) is 0 Å². The first-order valence-corrected chi connectivity index (χ1v) is 9.65. The molecular weight excluding hydrogens is 463 g/mol. The van der Waals surface area contributed by atoms with Gasteiger partial charge in [-0.2, -0.15) is 10.4 Å². The maximum atomic E-state index is 14.6. The maximum absolute atomic E-state index is 14.6. The molecule has 1 aliphatic heterocycles. The summed E-state index contributed by atoms with van der Waals surface area (Å²) in [5.74, 6) is -0.255. The van der Waals surface area contributed by atoms with Gasteiger partial charge in [0.05, 0.1) is 27.8 Å². The van der Waals surface area contributed by atoms with Gasteiger partial charge < -0.3 is 0 Å². The van der Waals surface area contributed by atoms with Gasteiger partial charge in [-0.3, -0.25) is 4.99 Å². The monoisotopic (exact) mass is 474 g/mol. The van der Waals surface area contributed by atoms with Crippen molar-refractivity contribution in [1.82, 2.24) is 9.61 Å². The van der Waals surface area contributed by atoms with Crippen LogP contribution < -0.4 is 0 Å². The summed E-state index contributed by atoms with van der Waals surface area (Å²) < 4.78 is 16.9. The Kier molecular flexibility index (Phi) is 4.01. The van der Waals surface area contributed by atoms with Crippen molar-refractivity contribution in [2.45, 2.75) is 24.2 Å². The number of hydrogen-bond donors (Lipinski definition) is 0. The lowest BCUT2D eigenvalue weighted by atomic mass is 9.85. The molecule has 0 amide bonds. The van der Waals surface area contributed by atoms with Crippen LogP contribution in [-0.2, 0) is 0 Å². The quantitative estimate of drug-likeness (QED) is 0.455. The lowest BCUT2D eigenvalue weighted by molar-refractivity contribution is 0.488. The molecule has 1 unspecified atom stereocenters. The molecule has 2 aromatic heterocycles. The molecule has 1 atom stereocenters. The summed E-state index contributed by atoms with van der Waals surface area (Å²) in [6.45, 7) is 3.93. The van der Waals surface area contributed by atoms with Gasteiger partial charge in [-0.25, -0.2) is 8.91 Å². The molecule has 4 rings (SSSR count). The summed E-state index contributed by atoms with van der Waals surface area (Å²) in [6, 6.07) is 10.8. The molecule has 3 aromatic rings. The van der Waals surface area contributed by atoms with Crippen LogP contribution in [-0.4, -0.2) is 20.9 Å². The highest BCUT2D eigenvalue weighted by atomic mass is 79.9. The Labute approximate surface area is 166 Å². The standard InChI is InChI=1S/C19H13Br2FN4/c1-19(2)18(21)16-12(4-3-5-14(16)22)17(25-19)10-6-15-13(20)7-11(8-23)26(15)24-9-10/h3-7,9,18H,1-2H3. The smallest absolute Gasteiger partial charge is 0.143 e. The highest BCUT2D eigenvalue weighted by Gasteiger charge is 2.37. The molecule has 0 saturated carbocycles. The van der Waals surface area contributed by atoms with E-state index >= 15 is 0 Å². The van der Waals surface area contributed by atoms with Crippen LogP contribution >= 0.6 is 31.9 Å². The van der Waals surface area contributed by atoms with E-state index in [1.807, 2.05) is 26.0 Å². The summed E-state index contributed by atoms with van der Waals surface area (Å²) >= 11 is 7.09. The van der Waals surface area contributed by atoms with Crippen LogP contribution in [0.4, 0.5) is 4.39 Å². The van der Waals surface area contributed by atoms with Gasteiger partial charge >= 0.3 is 0 Å². The Morgan fingerprint density at radius 1 is 1.31 bits per heavy atom. The Morgan fingerprint density at radius 3 is 2.81 bits per heavy atom. The zero-order valence-electron chi connectivity index (χ0n) is 14.0. The number of rotatable bonds is 1. The van der Waals surface area contributed by atoms with Gasteiger partial charge in [0.1, 0.15) is 17.6 Å². The van der Waals surface area contributed by atoms with Crippen molar-refractivity contribution >= 4 is 43.1 Å². The molecule has 0 spiro atoms. The van der Waals surface area contributed by atoms with Crippen molar-refractivity contribution < 1.29 is 4.39 Å². The van der Waals surface area contributed by atoms with Gasteiger partial charge in [0.25, 0.3) is 0 Å². The second-order valence-corrected chi connectivity index (χ2v) is 8.48. The Morgan fingerprint density at radius 2 is 2.08 bits per heavy atom. The van der Waals surface area contributed by atoms with E-state index in [0.29, 0.717) is 17.0 Å². The fourth-order valence-corrected chi connectivity index (χ4v) is 4.30. The van der Waals surface area contributed by atoms with Gasteiger partial charge in [-0.05, 0) is 48.0 Å². The third-order valence-electron chi connectivity index (χ3n) is 4.54. The fourth-order valence-electron chi connectivity index (χ4n) is 3.23. The Hall–Kier alpha value is -2.04. The normalized spacial score (nSPS) is 18.3. The molecule has 1 aliphatic rings. The van der Waals surface area contributed by atoms with Crippen molar-refractivity contribution in [3.63, 3.8) is 0 Å². The summed E-state index contributed by atoms with van der Waals surface area (Å²) in [5.41, 5.74) is 3.51. The maximum Gasteiger partial charge on any atom is 0.143 e. The third-order valence-corrected chi connectivity index (χ3v) is 6.75. The first-order chi connectivity index (χ1) is 12.3. The molecule has 0 saturated heterocycles. The summed E-state index contributed by atoms with van der Waals surface area (Å²) in [6.07, 6.45) is 1.67. The van der Waals surface area contributed by atoms with Gasteiger partial charge in [-0.15, -0.1) is 0 Å². The average Bonchev–Trinajstić information content (AvgIpc) is 2.94. The Balaban J connectivity index is 1.98. The van der Waals surface area contributed by atoms with Crippen LogP contribution in [0.25, 0.3) is 5.52 Å². The molecule has 0 radical (unpaired) electrons. The number of nitrogens with zero attached hydrogens (tertiary/aromatic N) is 4. The highest BCUT2D eigenvalue weighted by Crippen LogP contribution is 2.44. The van der Waals surface area contributed by atoms with Crippen LogP contribution in [0.3, 0.4) is 0 Å². The molecule has 0 fully saturated rings. The average molecular weight is 476 g/mol. The van der Waals surface area contributed by atoms with Crippen LogP contribution in [0, 0.1) is 17.1 Å². The lowest BCUT2D eigenvalue weighted by Crippen LogP contribution is -2.32. The fraction of sp³-hybridized carbons (Fsp3) is 0.211. The van der Waals surface area contributed by atoms with E-state index in [4.69, 9.17) is 4.99 Å². The van der Waals surface area contributed by atoms with E-state index < -0.39 is 5.54 Å². The topological polar surface area (TPSA) is 53.5 Å². The SMILES string of the molecule is CC1(C)N=C(c2cnn3c(C#N)cc(Br)c3c2)c2cccc(F)c2C1Br. The minimum Gasteiger partial charge on any atom is -0.276 e. The van der Waals surface area contributed by atoms with Crippen molar-refractivity contribution in [2.75, 3.05) is 0 Å². The van der Waals surface area contributed by atoms with Crippen LogP contribution in [0.1, 0.15) is 41.1 Å². The van der Waals surface area contributed by atoms with Gasteiger partial charge in [0, 0.05) is 21.2 Å². The summed E-state index contributed by atoms with van der Waals surface area (Å²) in [5, 5.41) is 13.6. The second-order valence-electron chi connectivity index (χ2n) is 6.71. The van der Waals surface area contributed by atoms with Crippen molar-refractivity contribution in [3.05, 3.63) is 69.2 Å². The van der Waals surface area contributed by atoms with E-state index in [1.54, 1.807) is 22.8 Å². The van der Waals surface area contributed by atoms with Crippen molar-refractivity contribution in [3.8, 4) is 6.07 Å². The van der Waals surface area contributed by atoms with E-state index in [9.17, 15) is 9.65 Å².